The van der Waals surface area contributed by atoms with Crippen molar-refractivity contribution in [3.63, 3.8) is 0 Å². The first-order valence-electron chi connectivity index (χ1n) is 19.6. The fourth-order valence-corrected chi connectivity index (χ4v) is 5.83. The van der Waals surface area contributed by atoms with Crippen LogP contribution in [-0.4, -0.2) is 113 Å². The molecule has 0 bridgehead atoms. The number of fused-ring (bicyclic) bond motifs is 1. The SMILES string of the molecule is CC(=O)N[C@@H](CCCNC(N)=O)C(=O)NCC(=O)N[C@@H](CC(=O)O)c1ccc(-c2ccc(OCCOCCOCCOCCOCCC(C)C)c3ccccc23)cc1. The topological polar surface area (TPSA) is 226 Å². The Balaban J connectivity index is 1.49. The van der Waals surface area contributed by atoms with Crippen LogP contribution in [0.5, 0.6) is 5.75 Å². The van der Waals surface area contributed by atoms with Crippen molar-refractivity contribution in [3.8, 4) is 16.9 Å². The molecular weight excluding hydrogens is 750 g/mol. The van der Waals surface area contributed by atoms with Gasteiger partial charge in [-0.15, -0.1) is 0 Å². The fraction of sp³-hybridized carbons (Fsp3) is 0.500. The largest absolute Gasteiger partial charge is 0.491 e. The number of hydrogen-bond donors (Lipinski definition) is 6. The Morgan fingerprint density at radius 1 is 0.707 bits per heavy atom. The van der Waals surface area contributed by atoms with E-state index in [0.29, 0.717) is 76.5 Å². The van der Waals surface area contributed by atoms with E-state index in [0.717, 1.165) is 34.9 Å². The Bertz CT molecular complexity index is 1740. The fourth-order valence-electron chi connectivity index (χ4n) is 5.83. The molecule has 3 aromatic rings. The number of amides is 5. The van der Waals surface area contributed by atoms with Crippen LogP contribution in [0.25, 0.3) is 21.9 Å². The highest BCUT2D eigenvalue weighted by molar-refractivity contribution is 6.00. The molecule has 0 saturated carbocycles. The molecule has 0 aromatic heterocycles. The second kappa shape index (κ2) is 26.6. The van der Waals surface area contributed by atoms with Gasteiger partial charge in [0.1, 0.15) is 18.4 Å². The van der Waals surface area contributed by atoms with Crippen molar-refractivity contribution in [2.75, 3.05) is 72.6 Å². The smallest absolute Gasteiger partial charge is 0.312 e. The van der Waals surface area contributed by atoms with Crippen molar-refractivity contribution in [3.05, 3.63) is 66.2 Å². The lowest BCUT2D eigenvalue weighted by molar-refractivity contribution is -0.138. The van der Waals surface area contributed by atoms with Gasteiger partial charge in [-0.25, -0.2) is 4.79 Å². The van der Waals surface area contributed by atoms with Gasteiger partial charge in [-0.05, 0) is 53.3 Å². The maximum absolute atomic E-state index is 12.9. The monoisotopic (exact) mass is 809 g/mol. The first-order valence-corrected chi connectivity index (χ1v) is 19.6. The van der Waals surface area contributed by atoms with Crippen molar-refractivity contribution in [2.24, 2.45) is 11.7 Å². The van der Waals surface area contributed by atoms with Crippen LogP contribution < -0.4 is 31.7 Å². The van der Waals surface area contributed by atoms with Gasteiger partial charge in [-0.2, -0.15) is 0 Å². The zero-order valence-electron chi connectivity index (χ0n) is 33.7. The van der Waals surface area contributed by atoms with E-state index < -0.39 is 54.8 Å². The quantitative estimate of drug-likeness (QED) is 0.0555. The summed E-state index contributed by atoms with van der Waals surface area (Å²) in [5.74, 6) is -1.44. The molecule has 0 fully saturated rings. The van der Waals surface area contributed by atoms with Crippen molar-refractivity contribution in [1.29, 1.82) is 0 Å². The highest BCUT2D eigenvalue weighted by Crippen LogP contribution is 2.35. The maximum atomic E-state index is 12.9. The van der Waals surface area contributed by atoms with E-state index >= 15 is 0 Å². The second-order valence-electron chi connectivity index (χ2n) is 13.9. The van der Waals surface area contributed by atoms with Gasteiger partial charge in [-0.1, -0.05) is 68.4 Å². The van der Waals surface area contributed by atoms with Crippen molar-refractivity contribution >= 4 is 40.5 Å². The van der Waals surface area contributed by atoms with Crippen LogP contribution in [0.3, 0.4) is 0 Å². The number of carbonyl (C=O) groups is 5. The van der Waals surface area contributed by atoms with E-state index in [1.54, 1.807) is 12.1 Å². The lowest BCUT2D eigenvalue weighted by Crippen LogP contribution is -2.49. The van der Waals surface area contributed by atoms with Crippen molar-refractivity contribution < 1.29 is 52.8 Å². The molecule has 0 radical (unpaired) electrons. The molecule has 318 valence electrons. The average Bonchev–Trinajstić information content (AvgIpc) is 3.18. The average molecular weight is 810 g/mol. The molecule has 0 aliphatic carbocycles. The first-order chi connectivity index (χ1) is 27.9. The van der Waals surface area contributed by atoms with Crippen LogP contribution in [0.2, 0.25) is 0 Å². The van der Waals surface area contributed by atoms with Gasteiger partial charge < -0.3 is 55.8 Å². The second-order valence-corrected chi connectivity index (χ2v) is 13.9. The Morgan fingerprint density at radius 3 is 1.90 bits per heavy atom. The third kappa shape index (κ3) is 18.3. The molecule has 2 atom stereocenters. The molecule has 58 heavy (non-hydrogen) atoms. The number of nitrogens with one attached hydrogen (secondary N) is 4. The number of hydrogen-bond acceptors (Lipinski definition) is 10. The molecule has 0 aliphatic heterocycles. The predicted molar refractivity (Wildman–Crippen MR) is 218 cm³/mol. The maximum Gasteiger partial charge on any atom is 0.312 e. The molecule has 16 heteroatoms. The number of rotatable bonds is 29. The van der Waals surface area contributed by atoms with E-state index in [-0.39, 0.29) is 13.0 Å². The summed E-state index contributed by atoms with van der Waals surface area (Å²) in [6.07, 6.45) is 1.18. The summed E-state index contributed by atoms with van der Waals surface area (Å²) >= 11 is 0. The minimum absolute atomic E-state index is 0.186. The summed E-state index contributed by atoms with van der Waals surface area (Å²) in [5, 5.41) is 21.6. The van der Waals surface area contributed by atoms with Gasteiger partial charge in [0.15, 0.2) is 0 Å². The number of urea groups is 1. The molecule has 5 amide bonds. The van der Waals surface area contributed by atoms with Gasteiger partial charge in [0.05, 0.1) is 65.3 Å². The Morgan fingerprint density at radius 2 is 1.31 bits per heavy atom. The van der Waals surface area contributed by atoms with Crippen LogP contribution in [-0.2, 0) is 38.1 Å². The van der Waals surface area contributed by atoms with Crippen molar-refractivity contribution in [1.82, 2.24) is 21.3 Å². The number of carboxylic acid groups (broad SMARTS) is 1. The van der Waals surface area contributed by atoms with Gasteiger partial charge in [0.2, 0.25) is 17.7 Å². The third-order valence-corrected chi connectivity index (χ3v) is 8.75. The highest BCUT2D eigenvalue weighted by atomic mass is 16.6. The van der Waals surface area contributed by atoms with Crippen LogP contribution in [0, 0.1) is 5.92 Å². The molecule has 0 heterocycles. The zero-order valence-corrected chi connectivity index (χ0v) is 33.7. The van der Waals surface area contributed by atoms with E-state index in [4.69, 9.17) is 29.4 Å². The molecule has 3 rings (SSSR count). The molecule has 0 aliphatic rings. The van der Waals surface area contributed by atoms with Crippen LogP contribution in [0.15, 0.2) is 60.7 Å². The minimum atomic E-state index is -1.12. The van der Waals surface area contributed by atoms with Crippen LogP contribution >= 0.6 is 0 Å². The van der Waals surface area contributed by atoms with Gasteiger partial charge in [0.25, 0.3) is 0 Å². The Hall–Kier alpha value is -5.29. The molecule has 0 saturated heterocycles. The minimum Gasteiger partial charge on any atom is -0.491 e. The normalized spacial score (nSPS) is 12.1. The summed E-state index contributed by atoms with van der Waals surface area (Å²) in [6, 6.07) is 16.4. The summed E-state index contributed by atoms with van der Waals surface area (Å²) < 4.78 is 28.4. The van der Waals surface area contributed by atoms with Crippen LogP contribution in [0.1, 0.15) is 58.1 Å². The van der Waals surface area contributed by atoms with E-state index in [9.17, 15) is 29.1 Å². The molecule has 0 unspecified atom stereocenters. The van der Waals surface area contributed by atoms with Gasteiger partial charge in [0, 0.05) is 25.5 Å². The standard InChI is InChI=1S/C42H59N5O11/c1-29(2)16-18-54-19-20-55-21-22-56-23-24-57-25-26-58-38-15-14-33(34-7-4-5-8-35(34)38)31-10-12-32(13-11-31)37(27-40(50)51)47-39(49)28-45-41(52)36(46-30(3)48)9-6-17-44-42(43)53/h4-5,7-8,10-15,29,36-37H,6,9,16-28H2,1-3H3,(H,45,52)(H,46,48)(H,47,49)(H,50,51)(H3,43,44,53)/t36-,37-/m0/s1. The molecule has 0 spiro atoms. The van der Waals surface area contributed by atoms with E-state index in [2.05, 4.69) is 35.1 Å². The highest BCUT2D eigenvalue weighted by Gasteiger charge is 2.22. The number of carboxylic acids is 1. The molecule has 16 nitrogen and oxygen atoms in total. The van der Waals surface area contributed by atoms with Crippen LogP contribution in [0.4, 0.5) is 4.79 Å². The summed E-state index contributed by atoms with van der Waals surface area (Å²) in [6.45, 7) is 9.85. The predicted octanol–water partition coefficient (Wildman–Crippen LogP) is 3.70. The van der Waals surface area contributed by atoms with E-state index in [1.807, 2.05) is 48.5 Å². The molecule has 3 aromatic carbocycles. The number of benzene rings is 3. The third-order valence-electron chi connectivity index (χ3n) is 8.75. The Kier molecular flexibility index (Phi) is 21.6. The summed E-state index contributed by atoms with van der Waals surface area (Å²) in [5.41, 5.74) is 7.43. The number of primary amides is 1. The van der Waals surface area contributed by atoms with Gasteiger partial charge in [-0.3, -0.25) is 19.2 Å². The first kappa shape index (κ1) is 47.1. The molecular formula is C42H59N5O11. The lowest BCUT2D eigenvalue weighted by Gasteiger charge is -2.20. The van der Waals surface area contributed by atoms with E-state index in [1.165, 1.54) is 6.92 Å². The summed E-state index contributed by atoms with van der Waals surface area (Å²) in [7, 11) is 0. The lowest BCUT2D eigenvalue weighted by atomic mass is 9.95. The number of aliphatic carboxylic acids is 1. The molecule has 7 N–H and O–H groups in total. The number of carbonyl (C=O) groups excluding carboxylic acids is 4. The van der Waals surface area contributed by atoms with Crippen molar-refractivity contribution in [2.45, 2.75) is 58.5 Å². The zero-order chi connectivity index (χ0) is 42.1. The summed E-state index contributed by atoms with van der Waals surface area (Å²) in [4.78, 5) is 60.0. The Labute approximate surface area is 339 Å². The number of ether oxygens (including phenoxy) is 5. The van der Waals surface area contributed by atoms with Gasteiger partial charge >= 0.3 is 12.0 Å². The number of nitrogens with two attached hydrogens (primary N) is 1.